The molecule has 1 aromatic carbocycles. The van der Waals surface area contributed by atoms with Crippen LogP contribution in [0, 0.1) is 0 Å². The van der Waals surface area contributed by atoms with Crippen molar-refractivity contribution in [3.63, 3.8) is 0 Å². The van der Waals surface area contributed by atoms with Gasteiger partial charge in [0.2, 0.25) is 0 Å². The number of nitrogen functional groups attached to an aromatic ring is 1. The van der Waals surface area contributed by atoms with E-state index in [-0.39, 0.29) is 6.61 Å². The van der Waals surface area contributed by atoms with Gasteiger partial charge in [-0.1, -0.05) is 0 Å². The topological polar surface area (TPSA) is 52.7 Å². The molecule has 0 saturated carbocycles. The minimum Gasteiger partial charge on any atom is -0.399 e. The highest BCUT2D eigenvalue weighted by Crippen LogP contribution is 2.34. The molecule has 0 aromatic heterocycles. The third-order valence-electron chi connectivity index (χ3n) is 3.96. The molecule has 4 nitrogen and oxygen atoms in total. The third kappa shape index (κ3) is 1.87. The number of rotatable bonds is 3. The summed E-state index contributed by atoms with van der Waals surface area (Å²) in [6.45, 7) is 3.24. The highest BCUT2D eigenvalue weighted by molar-refractivity contribution is 5.54. The first-order chi connectivity index (χ1) is 8.28. The number of aliphatic hydroxyl groups excluding tert-OH is 1. The Morgan fingerprint density at radius 1 is 1.18 bits per heavy atom. The van der Waals surface area contributed by atoms with Crippen molar-refractivity contribution in [3.05, 3.63) is 24.3 Å². The maximum atomic E-state index is 9.00. The number of nitrogens with zero attached hydrogens (tertiary/aromatic N) is 2. The summed E-state index contributed by atoms with van der Waals surface area (Å²) >= 11 is 0. The number of aliphatic hydroxyl groups is 1. The lowest BCUT2D eigenvalue weighted by Gasteiger charge is -2.57. The number of piperidine rings is 1. The van der Waals surface area contributed by atoms with E-state index in [0.717, 1.165) is 25.3 Å². The number of benzene rings is 1. The average molecular weight is 233 g/mol. The van der Waals surface area contributed by atoms with Gasteiger partial charge in [0.1, 0.15) is 0 Å². The summed E-state index contributed by atoms with van der Waals surface area (Å²) in [5.41, 5.74) is 7.78. The van der Waals surface area contributed by atoms with E-state index in [4.69, 9.17) is 10.8 Å². The Hall–Kier alpha value is -1.26. The molecule has 0 spiro atoms. The second-order valence-corrected chi connectivity index (χ2v) is 5.00. The van der Waals surface area contributed by atoms with Gasteiger partial charge in [-0.15, -0.1) is 0 Å². The SMILES string of the molecule is Nc1ccc(N2CC3CC(C2)N3CCO)cc1. The summed E-state index contributed by atoms with van der Waals surface area (Å²) in [5.74, 6) is 0. The average Bonchev–Trinajstić information content (AvgIpc) is 2.37. The van der Waals surface area contributed by atoms with Crippen molar-refractivity contribution < 1.29 is 5.11 Å². The number of anilines is 2. The molecule has 17 heavy (non-hydrogen) atoms. The molecular weight excluding hydrogens is 214 g/mol. The Balaban J connectivity index is 1.67. The Kier molecular flexibility index (Phi) is 2.68. The van der Waals surface area contributed by atoms with Crippen LogP contribution in [0.15, 0.2) is 24.3 Å². The summed E-state index contributed by atoms with van der Waals surface area (Å²) in [6, 6.07) is 9.35. The van der Waals surface area contributed by atoms with Crippen LogP contribution in [0.1, 0.15) is 6.42 Å². The third-order valence-corrected chi connectivity index (χ3v) is 3.96. The van der Waals surface area contributed by atoms with Crippen LogP contribution in [0.4, 0.5) is 11.4 Å². The molecule has 3 saturated heterocycles. The number of piperazine rings is 1. The summed E-state index contributed by atoms with van der Waals surface area (Å²) in [5, 5.41) is 9.00. The van der Waals surface area contributed by atoms with Crippen LogP contribution < -0.4 is 10.6 Å². The minimum atomic E-state index is 0.273. The van der Waals surface area contributed by atoms with Crippen LogP contribution in [-0.2, 0) is 0 Å². The van der Waals surface area contributed by atoms with Crippen LogP contribution >= 0.6 is 0 Å². The van der Waals surface area contributed by atoms with Gasteiger partial charge >= 0.3 is 0 Å². The molecule has 2 bridgehead atoms. The highest BCUT2D eigenvalue weighted by Gasteiger charge is 2.43. The van der Waals surface area contributed by atoms with Crippen molar-refractivity contribution in [3.8, 4) is 0 Å². The highest BCUT2D eigenvalue weighted by atomic mass is 16.3. The van der Waals surface area contributed by atoms with E-state index in [0.29, 0.717) is 12.1 Å². The maximum Gasteiger partial charge on any atom is 0.0558 e. The Morgan fingerprint density at radius 3 is 2.41 bits per heavy atom. The van der Waals surface area contributed by atoms with Crippen molar-refractivity contribution in [2.24, 2.45) is 0 Å². The molecule has 3 aliphatic rings. The first kappa shape index (κ1) is 10.9. The van der Waals surface area contributed by atoms with E-state index in [1.807, 2.05) is 12.1 Å². The van der Waals surface area contributed by atoms with Crippen molar-refractivity contribution in [2.45, 2.75) is 18.5 Å². The smallest absolute Gasteiger partial charge is 0.0558 e. The van der Waals surface area contributed by atoms with Gasteiger partial charge in [-0.05, 0) is 30.7 Å². The van der Waals surface area contributed by atoms with Crippen LogP contribution in [0.2, 0.25) is 0 Å². The molecule has 0 radical (unpaired) electrons. The van der Waals surface area contributed by atoms with Gasteiger partial charge in [0, 0.05) is 43.1 Å². The second-order valence-electron chi connectivity index (χ2n) is 5.00. The number of fused-ring (bicyclic) bond motifs is 2. The van der Waals surface area contributed by atoms with Crippen molar-refractivity contribution >= 4 is 11.4 Å². The summed E-state index contributed by atoms with van der Waals surface area (Å²) in [6.07, 6.45) is 1.28. The molecule has 92 valence electrons. The fourth-order valence-electron chi connectivity index (χ4n) is 3.06. The van der Waals surface area contributed by atoms with Gasteiger partial charge in [-0.2, -0.15) is 0 Å². The Labute approximate surface area is 102 Å². The lowest BCUT2D eigenvalue weighted by atomic mass is 9.87. The zero-order valence-electron chi connectivity index (χ0n) is 9.92. The monoisotopic (exact) mass is 233 g/mol. The van der Waals surface area contributed by atoms with Gasteiger partial charge in [0.15, 0.2) is 0 Å². The molecular formula is C13H19N3O. The van der Waals surface area contributed by atoms with E-state index in [2.05, 4.69) is 21.9 Å². The van der Waals surface area contributed by atoms with Gasteiger partial charge in [-0.25, -0.2) is 0 Å². The summed E-state index contributed by atoms with van der Waals surface area (Å²) in [7, 11) is 0. The molecule has 3 N–H and O–H groups in total. The minimum absolute atomic E-state index is 0.273. The summed E-state index contributed by atoms with van der Waals surface area (Å²) in [4.78, 5) is 4.85. The largest absolute Gasteiger partial charge is 0.399 e. The first-order valence-corrected chi connectivity index (χ1v) is 6.25. The zero-order chi connectivity index (χ0) is 11.8. The van der Waals surface area contributed by atoms with E-state index in [1.54, 1.807) is 0 Å². The molecule has 2 unspecified atom stereocenters. The number of nitrogens with two attached hydrogens (primary N) is 1. The normalized spacial score (nSPS) is 27.9. The fraction of sp³-hybridized carbons (Fsp3) is 0.538. The zero-order valence-corrected chi connectivity index (χ0v) is 9.92. The molecule has 3 heterocycles. The lowest BCUT2D eigenvalue weighted by Crippen LogP contribution is -2.69. The van der Waals surface area contributed by atoms with E-state index in [9.17, 15) is 0 Å². The lowest BCUT2D eigenvalue weighted by molar-refractivity contribution is -0.0122. The quantitative estimate of drug-likeness (QED) is 0.748. The molecule has 0 amide bonds. The van der Waals surface area contributed by atoms with Crippen LogP contribution in [0.25, 0.3) is 0 Å². The van der Waals surface area contributed by atoms with E-state index in [1.165, 1.54) is 12.1 Å². The molecule has 3 fully saturated rings. The van der Waals surface area contributed by atoms with Crippen LogP contribution in [-0.4, -0.2) is 48.3 Å². The van der Waals surface area contributed by atoms with Gasteiger partial charge in [0.05, 0.1) is 6.61 Å². The first-order valence-electron chi connectivity index (χ1n) is 6.25. The summed E-state index contributed by atoms with van der Waals surface area (Å²) < 4.78 is 0. The molecule has 4 rings (SSSR count). The Bertz CT molecular complexity index is 380. The predicted molar refractivity (Wildman–Crippen MR) is 69.1 cm³/mol. The number of hydrogen-bond acceptors (Lipinski definition) is 4. The molecule has 4 heteroatoms. The molecule has 3 aliphatic heterocycles. The molecule has 1 aromatic rings. The number of hydrogen-bond donors (Lipinski definition) is 2. The predicted octanol–water partition coefficient (Wildman–Crippen LogP) is 0.524. The molecule has 0 aliphatic carbocycles. The van der Waals surface area contributed by atoms with Gasteiger partial charge in [0.25, 0.3) is 0 Å². The maximum absolute atomic E-state index is 9.00. The van der Waals surface area contributed by atoms with Crippen molar-refractivity contribution in [1.29, 1.82) is 0 Å². The Morgan fingerprint density at radius 2 is 1.82 bits per heavy atom. The second kappa shape index (κ2) is 4.20. The fourth-order valence-corrected chi connectivity index (χ4v) is 3.06. The van der Waals surface area contributed by atoms with Crippen LogP contribution in [0.3, 0.4) is 0 Å². The van der Waals surface area contributed by atoms with Crippen molar-refractivity contribution in [1.82, 2.24) is 4.90 Å². The van der Waals surface area contributed by atoms with Gasteiger partial charge < -0.3 is 15.7 Å². The standard InChI is InChI=1S/C13H19N3O/c14-10-1-3-11(4-2-10)15-8-12-7-13(9-15)16(12)5-6-17/h1-4,12-13,17H,5-9,14H2. The molecule has 2 atom stereocenters. The van der Waals surface area contributed by atoms with Crippen LogP contribution in [0.5, 0.6) is 0 Å². The van der Waals surface area contributed by atoms with E-state index >= 15 is 0 Å². The van der Waals surface area contributed by atoms with Crippen molar-refractivity contribution in [2.75, 3.05) is 36.9 Å². The van der Waals surface area contributed by atoms with E-state index < -0.39 is 0 Å². The van der Waals surface area contributed by atoms with Gasteiger partial charge in [-0.3, -0.25) is 4.90 Å².